The molecule has 3 amide bonds. The lowest BCUT2D eigenvalue weighted by molar-refractivity contribution is -0.136. The van der Waals surface area contributed by atoms with Crippen molar-refractivity contribution in [3.8, 4) is 10.4 Å². The van der Waals surface area contributed by atoms with E-state index in [1.165, 1.54) is 23.5 Å². The Morgan fingerprint density at radius 1 is 1.14 bits per heavy atom. The number of halogens is 1. The molecule has 1 saturated heterocycles. The van der Waals surface area contributed by atoms with Crippen molar-refractivity contribution in [2.24, 2.45) is 5.92 Å². The number of nitrogens with one attached hydrogen (secondary N) is 2. The molecule has 1 aromatic carbocycles. The summed E-state index contributed by atoms with van der Waals surface area (Å²) in [5.74, 6) is -1.28. The Kier molecular flexibility index (Phi) is 6.98. The maximum atomic E-state index is 13.0. The molecule has 29 heavy (non-hydrogen) atoms. The lowest BCUT2D eigenvalue weighted by Crippen LogP contribution is -2.49. The van der Waals surface area contributed by atoms with Crippen molar-refractivity contribution in [1.29, 1.82) is 0 Å². The summed E-state index contributed by atoms with van der Waals surface area (Å²) < 4.78 is 13.0. The van der Waals surface area contributed by atoms with Crippen LogP contribution in [0.3, 0.4) is 0 Å². The largest absolute Gasteiger partial charge is 0.342 e. The number of carbonyl (C=O) groups excluding carboxylic acids is 3. The summed E-state index contributed by atoms with van der Waals surface area (Å²) in [5.41, 5.74) is 5.74. The Bertz CT molecular complexity index is 882. The number of benzene rings is 1. The first-order chi connectivity index (χ1) is 14.0. The van der Waals surface area contributed by atoms with Crippen molar-refractivity contribution < 1.29 is 18.8 Å². The van der Waals surface area contributed by atoms with Crippen molar-refractivity contribution in [3.05, 3.63) is 47.1 Å². The molecule has 154 valence electrons. The summed E-state index contributed by atoms with van der Waals surface area (Å²) in [6, 6.07) is 9.49. The van der Waals surface area contributed by atoms with E-state index >= 15 is 0 Å². The highest BCUT2D eigenvalue weighted by atomic mass is 32.1. The Morgan fingerprint density at radius 2 is 1.90 bits per heavy atom. The van der Waals surface area contributed by atoms with E-state index in [1.54, 1.807) is 29.2 Å². The third kappa shape index (κ3) is 5.41. The van der Waals surface area contributed by atoms with E-state index in [0.29, 0.717) is 30.8 Å². The van der Waals surface area contributed by atoms with Crippen molar-refractivity contribution in [2.45, 2.75) is 32.6 Å². The molecule has 3 rings (SSSR count). The number of rotatable bonds is 5. The minimum absolute atomic E-state index is 0.0703. The summed E-state index contributed by atoms with van der Waals surface area (Å²) in [6.45, 7) is 3.01. The molecule has 6 nitrogen and oxygen atoms in total. The smallest absolute Gasteiger partial charge is 0.279 e. The molecule has 1 atom stereocenters. The number of likely N-dealkylation sites (tertiary alicyclic amines) is 1. The van der Waals surface area contributed by atoms with Crippen LogP contribution >= 0.6 is 11.3 Å². The second-order valence-electron chi connectivity index (χ2n) is 7.04. The summed E-state index contributed by atoms with van der Waals surface area (Å²) >= 11 is 1.26. The normalized spacial score (nSPS) is 16.3. The predicted octanol–water partition coefficient (Wildman–Crippen LogP) is 3.35. The van der Waals surface area contributed by atoms with Gasteiger partial charge in [-0.1, -0.05) is 19.1 Å². The molecule has 1 unspecified atom stereocenters. The summed E-state index contributed by atoms with van der Waals surface area (Å²) in [5, 5.41) is 0. The van der Waals surface area contributed by atoms with Gasteiger partial charge in [-0.25, -0.2) is 4.39 Å². The molecule has 2 N–H and O–H groups in total. The number of nitrogens with zero attached hydrogens (tertiary/aromatic N) is 1. The van der Waals surface area contributed by atoms with E-state index in [2.05, 4.69) is 10.9 Å². The average Bonchev–Trinajstić information content (AvgIpc) is 3.23. The Balaban J connectivity index is 1.53. The van der Waals surface area contributed by atoms with Gasteiger partial charge in [0.05, 0.1) is 10.8 Å². The Morgan fingerprint density at radius 3 is 2.62 bits per heavy atom. The highest BCUT2D eigenvalue weighted by Crippen LogP contribution is 2.28. The second kappa shape index (κ2) is 9.65. The molecule has 1 aromatic heterocycles. The van der Waals surface area contributed by atoms with Crippen molar-refractivity contribution in [3.63, 3.8) is 0 Å². The summed E-state index contributed by atoms with van der Waals surface area (Å²) in [4.78, 5) is 39.8. The van der Waals surface area contributed by atoms with Crippen LogP contribution in [0.2, 0.25) is 0 Å². The number of hydrazine groups is 1. The predicted molar refractivity (Wildman–Crippen MR) is 110 cm³/mol. The van der Waals surface area contributed by atoms with Crippen molar-refractivity contribution >= 4 is 29.1 Å². The fraction of sp³-hybridized carbons (Fsp3) is 0.381. The van der Waals surface area contributed by atoms with Gasteiger partial charge in [0.2, 0.25) is 11.8 Å². The standard InChI is InChI=1S/C21H24FN3O3S/c1-2-4-19(26)25-12-3-5-15(13-25)20(27)23-24-21(28)18-11-10-17(29-18)14-6-8-16(22)9-7-14/h6-11,15H,2-5,12-13H2,1H3,(H,23,27)(H,24,28). The highest BCUT2D eigenvalue weighted by Gasteiger charge is 2.28. The van der Waals surface area contributed by atoms with E-state index in [9.17, 15) is 18.8 Å². The molecule has 0 spiro atoms. The van der Waals surface area contributed by atoms with E-state index < -0.39 is 5.91 Å². The Hall–Kier alpha value is -2.74. The molecule has 2 aromatic rings. The van der Waals surface area contributed by atoms with Gasteiger partial charge >= 0.3 is 0 Å². The molecule has 0 bridgehead atoms. The number of piperidine rings is 1. The van der Waals surface area contributed by atoms with Gasteiger partial charge in [-0.05, 0) is 49.1 Å². The first kappa shape index (κ1) is 21.0. The minimum atomic E-state index is -0.411. The van der Waals surface area contributed by atoms with Crippen LogP contribution in [0.25, 0.3) is 10.4 Å². The van der Waals surface area contributed by atoms with E-state index in [0.717, 1.165) is 23.3 Å². The number of amides is 3. The maximum absolute atomic E-state index is 13.0. The van der Waals surface area contributed by atoms with Crippen LogP contribution in [0.1, 0.15) is 42.3 Å². The molecule has 1 aliphatic heterocycles. The van der Waals surface area contributed by atoms with Gasteiger partial charge in [0.1, 0.15) is 5.82 Å². The zero-order valence-electron chi connectivity index (χ0n) is 16.2. The van der Waals surface area contributed by atoms with Crippen LogP contribution in [0, 0.1) is 11.7 Å². The molecule has 0 saturated carbocycles. The van der Waals surface area contributed by atoms with Gasteiger partial charge in [0.25, 0.3) is 5.91 Å². The maximum Gasteiger partial charge on any atom is 0.279 e. The second-order valence-corrected chi connectivity index (χ2v) is 8.13. The van der Waals surface area contributed by atoms with E-state index in [1.807, 2.05) is 6.92 Å². The van der Waals surface area contributed by atoms with Gasteiger partial charge in [-0.2, -0.15) is 0 Å². The fourth-order valence-electron chi connectivity index (χ4n) is 3.30. The quantitative estimate of drug-likeness (QED) is 0.733. The molecule has 8 heteroatoms. The van der Waals surface area contributed by atoms with Crippen LogP contribution in [0.15, 0.2) is 36.4 Å². The lowest BCUT2D eigenvalue weighted by atomic mass is 9.97. The first-order valence-corrected chi connectivity index (χ1v) is 10.5. The van der Waals surface area contributed by atoms with E-state index in [-0.39, 0.29) is 23.5 Å². The lowest BCUT2D eigenvalue weighted by Gasteiger charge is -2.32. The van der Waals surface area contributed by atoms with Crippen LogP contribution in [-0.4, -0.2) is 35.7 Å². The fourth-order valence-corrected chi connectivity index (χ4v) is 4.21. The average molecular weight is 418 g/mol. The summed E-state index contributed by atoms with van der Waals surface area (Å²) in [6.07, 6.45) is 2.72. The van der Waals surface area contributed by atoms with Crippen LogP contribution < -0.4 is 10.9 Å². The van der Waals surface area contributed by atoms with Crippen molar-refractivity contribution in [1.82, 2.24) is 15.8 Å². The third-order valence-corrected chi connectivity index (χ3v) is 6.00. The van der Waals surface area contributed by atoms with Crippen LogP contribution in [0.4, 0.5) is 4.39 Å². The van der Waals surface area contributed by atoms with Crippen LogP contribution in [0.5, 0.6) is 0 Å². The SMILES string of the molecule is CCCC(=O)N1CCCC(C(=O)NNC(=O)c2ccc(-c3ccc(F)cc3)s2)C1. The zero-order valence-corrected chi connectivity index (χ0v) is 17.1. The summed E-state index contributed by atoms with van der Waals surface area (Å²) in [7, 11) is 0. The van der Waals surface area contributed by atoms with Crippen molar-refractivity contribution in [2.75, 3.05) is 13.1 Å². The number of thiophene rings is 1. The third-order valence-electron chi connectivity index (χ3n) is 4.87. The van der Waals surface area contributed by atoms with Gasteiger partial charge in [0, 0.05) is 24.4 Å². The topological polar surface area (TPSA) is 78.5 Å². The number of hydrogen-bond acceptors (Lipinski definition) is 4. The van der Waals surface area contributed by atoms with Gasteiger partial charge in [-0.3, -0.25) is 25.2 Å². The zero-order chi connectivity index (χ0) is 20.8. The monoisotopic (exact) mass is 417 g/mol. The molecule has 0 aliphatic carbocycles. The van der Waals surface area contributed by atoms with Gasteiger partial charge < -0.3 is 4.90 Å². The molecular formula is C21H24FN3O3S. The first-order valence-electron chi connectivity index (χ1n) is 9.71. The van der Waals surface area contributed by atoms with Gasteiger partial charge in [-0.15, -0.1) is 11.3 Å². The molecule has 1 fully saturated rings. The highest BCUT2D eigenvalue weighted by molar-refractivity contribution is 7.17. The van der Waals surface area contributed by atoms with Gasteiger partial charge in [0.15, 0.2) is 0 Å². The minimum Gasteiger partial charge on any atom is -0.342 e. The van der Waals surface area contributed by atoms with E-state index in [4.69, 9.17) is 0 Å². The Labute approximate surface area is 173 Å². The molecule has 2 heterocycles. The molecule has 1 aliphatic rings. The number of carbonyl (C=O) groups is 3. The number of hydrogen-bond donors (Lipinski definition) is 2. The van der Waals surface area contributed by atoms with Crippen LogP contribution in [-0.2, 0) is 9.59 Å². The molecule has 0 radical (unpaired) electrons. The molecular weight excluding hydrogens is 393 g/mol.